The molecule has 0 bridgehead atoms. The number of nitrogens with zero attached hydrogens (tertiary/aromatic N) is 6. The molecule has 5 rings (SSSR count). The third-order valence-electron chi connectivity index (χ3n) is 6.71. The predicted molar refractivity (Wildman–Crippen MR) is 144 cm³/mol. The van der Waals surface area contributed by atoms with Gasteiger partial charge in [-0.25, -0.2) is 9.67 Å². The Hall–Kier alpha value is -4.14. The van der Waals surface area contributed by atoms with Crippen LogP contribution in [0.5, 0.6) is 0 Å². The standard InChI is InChI=1S/C28H25ClF3N7O/c1-18-3-5-19(6-4-18)26(40)25-22(15-33)27(39(36-25)21-9-7-20(29)8-10-21)34-11-2-12-37-13-14-38-16-23(28(30,31)32)35-24(38)17-37/h3-10,16,34H,2,11-14,17H2,1H3. The van der Waals surface area contributed by atoms with Crippen LogP contribution in [0.2, 0.25) is 5.02 Å². The fraction of sp³-hybridized carbons (Fsp3) is 0.286. The third kappa shape index (κ3) is 5.73. The van der Waals surface area contributed by atoms with Crippen molar-refractivity contribution in [3.05, 3.63) is 93.7 Å². The zero-order valence-electron chi connectivity index (χ0n) is 21.5. The lowest BCUT2D eigenvalue weighted by Crippen LogP contribution is -2.35. The van der Waals surface area contributed by atoms with Gasteiger partial charge in [-0.3, -0.25) is 9.69 Å². The highest BCUT2D eigenvalue weighted by molar-refractivity contribution is 6.30. The van der Waals surface area contributed by atoms with Gasteiger partial charge in [0.15, 0.2) is 11.4 Å². The minimum Gasteiger partial charge on any atom is -0.369 e. The summed E-state index contributed by atoms with van der Waals surface area (Å²) >= 11 is 6.06. The molecule has 8 nitrogen and oxygen atoms in total. The minimum absolute atomic E-state index is 0.0344. The van der Waals surface area contributed by atoms with Crippen LogP contribution in [0, 0.1) is 18.3 Å². The highest BCUT2D eigenvalue weighted by Crippen LogP contribution is 2.30. The molecule has 2 aromatic heterocycles. The molecule has 3 heterocycles. The lowest BCUT2D eigenvalue weighted by atomic mass is 10.0. The Morgan fingerprint density at radius 3 is 2.52 bits per heavy atom. The van der Waals surface area contributed by atoms with Crippen molar-refractivity contribution in [2.24, 2.45) is 0 Å². The van der Waals surface area contributed by atoms with Gasteiger partial charge in [0.2, 0.25) is 5.78 Å². The molecule has 0 atom stereocenters. The first-order valence-electron chi connectivity index (χ1n) is 12.6. The lowest BCUT2D eigenvalue weighted by Gasteiger charge is -2.27. The number of fused-ring (bicyclic) bond motifs is 1. The molecule has 0 aliphatic carbocycles. The monoisotopic (exact) mass is 567 g/mol. The van der Waals surface area contributed by atoms with Crippen LogP contribution >= 0.6 is 11.6 Å². The maximum absolute atomic E-state index is 13.3. The molecule has 1 aliphatic heterocycles. The second kappa shape index (κ2) is 11.2. The van der Waals surface area contributed by atoms with Gasteiger partial charge in [0.1, 0.15) is 23.3 Å². The molecule has 40 heavy (non-hydrogen) atoms. The van der Waals surface area contributed by atoms with Crippen LogP contribution in [0.1, 0.15) is 45.1 Å². The Balaban J connectivity index is 1.33. The molecule has 4 aromatic rings. The molecular formula is C28H25ClF3N7O. The second-order valence-corrected chi connectivity index (χ2v) is 9.99. The van der Waals surface area contributed by atoms with E-state index in [4.69, 9.17) is 11.6 Å². The number of hydrogen-bond acceptors (Lipinski definition) is 6. The predicted octanol–water partition coefficient (Wildman–Crippen LogP) is 5.47. The van der Waals surface area contributed by atoms with Gasteiger partial charge in [-0.15, -0.1) is 0 Å². The number of ketones is 1. The van der Waals surface area contributed by atoms with E-state index in [1.165, 1.54) is 4.68 Å². The van der Waals surface area contributed by atoms with Gasteiger partial charge in [-0.1, -0.05) is 41.4 Å². The number of nitrogens with one attached hydrogen (secondary N) is 1. The number of anilines is 1. The molecule has 0 saturated heterocycles. The zero-order valence-corrected chi connectivity index (χ0v) is 22.3. The number of hydrogen-bond donors (Lipinski definition) is 1. The summed E-state index contributed by atoms with van der Waals surface area (Å²) in [7, 11) is 0. The first-order valence-corrected chi connectivity index (χ1v) is 13.0. The molecule has 0 unspecified atom stereocenters. The Morgan fingerprint density at radius 2 is 1.85 bits per heavy atom. The van der Waals surface area contributed by atoms with Gasteiger partial charge in [0.05, 0.1) is 12.2 Å². The van der Waals surface area contributed by atoms with Crippen molar-refractivity contribution in [1.82, 2.24) is 24.2 Å². The van der Waals surface area contributed by atoms with Crippen LogP contribution in [0.3, 0.4) is 0 Å². The SMILES string of the molecule is Cc1ccc(C(=O)c2nn(-c3ccc(Cl)cc3)c(NCCCN3CCn4cc(C(F)(F)F)nc4C3)c2C#N)cc1. The number of aromatic nitrogens is 4. The van der Waals surface area contributed by atoms with E-state index in [-0.39, 0.29) is 17.0 Å². The summed E-state index contributed by atoms with van der Waals surface area (Å²) < 4.78 is 42.1. The molecule has 0 radical (unpaired) electrons. The van der Waals surface area contributed by atoms with Crippen molar-refractivity contribution in [1.29, 1.82) is 5.26 Å². The number of imidazole rings is 1. The maximum Gasteiger partial charge on any atom is 0.434 e. The largest absolute Gasteiger partial charge is 0.434 e. The van der Waals surface area contributed by atoms with Gasteiger partial charge in [0.25, 0.3) is 0 Å². The van der Waals surface area contributed by atoms with Crippen molar-refractivity contribution >= 4 is 23.2 Å². The fourth-order valence-electron chi connectivity index (χ4n) is 4.60. The molecule has 0 spiro atoms. The number of aryl methyl sites for hydroxylation is 1. The minimum atomic E-state index is -4.47. The van der Waals surface area contributed by atoms with E-state index >= 15 is 0 Å². The smallest absolute Gasteiger partial charge is 0.369 e. The fourth-order valence-corrected chi connectivity index (χ4v) is 4.72. The first-order chi connectivity index (χ1) is 19.1. The van der Waals surface area contributed by atoms with Crippen LogP contribution in [-0.4, -0.2) is 49.6 Å². The molecule has 0 saturated carbocycles. The van der Waals surface area contributed by atoms with E-state index in [1.807, 2.05) is 24.0 Å². The van der Waals surface area contributed by atoms with Crippen molar-refractivity contribution in [3.8, 4) is 11.8 Å². The molecule has 2 aromatic carbocycles. The Labute approximate surface area is 233 Å². The Morgan fingerprint density at radius 1 is 1.12 bits per heavy atom. The molecule has 0 fully saturated rings. The Kier molecular flexibility index (Phi) is 7.65. The zero-order chi connectivity index (χ0) is 28.4. The number of carbonyl (C=O) groups excluding carboxylic acids is 1. The summed E-state index contributed by atoms with van der Waals surface area (Å²) in [5.74, 6) is 0.400. The lowest BCUT2D eigenvalue weighted by molar-refractivity contribution is -0.141. The van der Waals surface area contributed by atoms with Crippen LogP contribution in [0.4, 0.5) is 19.0 Å². The van der Waals surface area contributed by atoms with E-state index in [1.54, 1.807) is 41.0 Å². The molecular weight excluding hydrogens is 543 g/mol. The quantitative estimate of drug-likeness (QED) is 0.224. The van der Waals surface area contributed by atoms with Crippen LogP contribution < -0.4 is 5.32 Å². The topological polar surface area (TPSA) is 91.8 Å². The van der Waals surface area contributed by atoms with E-state index in [2.05, 4.69) is 21.5 Å². The van der Waals surface area contributed by atoms with E-state index in [0.717, 1.165) is 11.8 Å². The van der Waals surface area contributed by atoms with Crippen molar-refractivity contribution < 1.29 is 18.0 Å². The first kappa shape index (κ1) is 27.4. The average molecular weight is 568 g/mol. The number of halogens is 4. The number of nitriles is 1. The van der Waals surface area contributed by atoms with E-state index < -0.39 is 11.9 Å². The Bertz CT molecular complexity index is 1570. The highest BCUT2D eigenvalue weighted by Gasteiger charge is 2.35. The molecule has 12 heteroatoms. The normalized spacial score (nSPS) is 13.6. The summed E-state index contributed by atoms with van der Waals surface area (Å²) in [6.07, 6.45) is -2.78. The molecule has 1 N–H and O–H groups in total. The van der Waals surface area contributed by atoms with Gasteiger partial charge < -0.3 is 9.88 Å². The number of rotatable bonds is 8. The summed E-state index contributed by atoms with van der Waals surface area (Å²) in [6, 6.07) is 16.1. The van der Waals surface area contributed by atoms with Gasteiger partial charge in [-0.05, 0) is 37.6 Å². The van der Waals surface area contributed by atoms with E-state index in [0.29, 0.717) is 67.1 Å². The second-order valence-electron chi connectivity index (χ2n) is 9.56. The van der Waals surface area contributed by atoms with Crippen molar-refractivity contribution in [3.63, 3.8) is 0 Å². The number of alkyl halides is 3. The maximum atomic E-state index is 13.3. The number of benzene rings is 2. The van der Waals surface area contributed by atoms with Gasteiger partial charge in [0, 0.05) is 43.0 Å². The molecule has 1 aliphatic rings. The van der Waals surface area contributed by atoms with Crippen LogP contribution in [0.15, 0.2) is 54.7 Å². The van der Waals surface area contributed by atoms with Gasteiger partial charge in [-0.2, -0.15) is 23.5 Å². The van der Waals surface area contributed by atoms with Gasteiger partial charge >= 0.3 is 6.18 Å². The number of carbonyl (C=O) groups is 1. The molecule has 0 amide bonds. The van der Waals surface area contributed by atoms with Crippen molar-refractivity contribution in [2.45, 2.75) is 32.6 Å². The van der Waals surface area contributed by atoms with E-state index in [9.17, 15) is 23.2 Å². The third-order valence-corrected chi connectivity index (χ3v) is 6.96. The van der Waals surface area contributed by atoms with Crippen LogP contribution in [-0.2, 0) is 19.3 Å². The van der Waals surface area contributed by atoms with Crippen LogP contribution in [0.25, 0.3) is 5.69 Å². The highest BCUT2D eigenvalue weighted by atomic mass is 35.5. The average Bonchev–Trinajstić information content (AvgIpc) is 3.53. The summed E-state index contributed by atoms with van der Waals surface area (Å²) in [6.45, 7) is 4.31. The summed E-state index contributed by atoms with van der Waals surface area (Å²) in [5.41, 5.74) is 1.33. The van der Waals surface area contributed by atoms with Crippen molar-refractivity contribution in [2.75, 3.05) is 25.0 Å². The summed E-state index contributed by atoms with van der Waals surface area (Å²) in [4.78, 5) is 19.1. The summed E-state index contributed by atoms with van der Waals surface area (Å²) in [5, 5.41) is 18.4. The molecule has 206 valence electrons.